The number of hydrogen-bond acceptors (Lipinski definition) is 4. The van der Waals surface area contributed by atoms with Crippen LogP contribution in [-0.4, -0.2) is 20.0 Å². The van der Waals surface area contributed by atoms with Gasteiger partial charge in [0.1, 0.15) is 5.82 Å². The number of rotatable bonds is 6. The minimum absolute atomic E-state index is 0.127. The van der Waals surface area contributed by atoms with E-state index in [1.807, 2.05) is 65.2 Å². The van der Waals surface area contributed by atoms with Gasteiger partial charge in [0.05, 0.1) is 21.9 Å². The van der Waals surface area contributed by atoms with Crippen LogP contribution in [0.25, 0.3) is 16.6 Å². The zero-order chi connectivity index (χ0) is 20.2. The third kappa shape index (κ3) is 4.11. The molecule has 0 saturated heterocycles. The van der Waals surface area contributed by atoms with Gasteiger partial charge in [-0.2, -0.15) is 0 Å². The Morgan fingerprint density at radius 2 is 1.69 bits per heavy atom. The van der Waals surface area contributed by atoms with Crippen molar-refractivity contribution in [2.45, 2.75) is 6.54 Å². The molecule has 2 N–H and O–H groups in total. The molecule has 146 valence electrons. The van der Waals surface area contributed by atoms with Gasteiger partial charge in [-0.15, -0.1) is 0 Å². The molecule has 4 aromatic rings. The normalized spacial score (nSPS) is 12.0. The summed E-state index contributed by atoms with van der Waals surface area (Å²) in [7, 11) is -1.18. The molecule has 0 amide bonds. The van der Waals surface area contributed by atoms with Crippen LogP contribution in [0.3, 0.4) is 0 Å². The van der Waals surface area contributed by atoms with Crippen molar-refractivity contribution < 1.29 is 4.21 Å². The lowest BCUT2D eigenvalue weighted by Gasteiger charge is -2.20. The van der Waals surface area contributed by atoms with Crippen LogP contribution in [0.15, 0.2) is 83.9 Å². The fourth-order valence-electron chi connectivity index (χ4n) is 3.24. The Hall–Kier alpha value is -3.29. The average Bonchev–Trinajstić information content (AvgIpc) is 2.74. The minimum Gasteiger partial charge on any atom is -0.341 e. The highest BCUT2D eigenvalue weighted by Crippen LogP contribution is 2.27. The van der Waals surface area contributed by atoms with E-state index in [0.717, 1.165) is 22.5 Å². The van der Waals surface area contributed by atoms with Crippen LogP contribution in [0.5, 0.6) is 0 Å². The Kier molecular flexibility index (Phi) is 5.50. The molecule has 2 heterocycles. The summed E-state index contributed by atoms with van der Waals surface area (Å²) in [6.45, 7) is 0.328. The van der Waals surface area contributed by atoms with E-state index in [4.69, 9.17) is 0 Å². The van der Waals surface area contributed by atoms with E-state index in [9.17, 15) is 9.00 Å². The maximum atomic E-state index is 12.9. The number of benzene rings is 2. The maximum Gasteiger partial charge on any atom is 0.193 e. The van der Waals surface area contributed by atoms with Gasteiger partial charge in [-0.3, -0.25) is 14.3 Å². The van der Waals surface area contributed by atoms with Crippen LogP contribution < -0.4 is 15.5 Å². The summed E-state index contributed by atoms with van der Waals surface area (Å²) in [4.78, 5) is 17.1. The molecule has 1 unspecified atom stereocenters. The largest absolute Gasteiger partial charge is 0.341 e. The Morgan fingerprint density at radius 3 is 2.38 bits per heavy atom. The number of fused-ring (bicyclic) bond motifs is 1. The van der Waals surface area contributed by atoms with E-state index < -0.39 is 11.0 Å². The van der Waals surface area contributed by atoms with Gasteiger partial charge < -0.3 is 5.32 Å². The molecule has 6 nitrogen and oxygen atoms in total. The SMILES string of the molecule is CS(=O)NCc1cncc2c(=O)cc(Nc3ccccc3)n(-c3ccccc3)c12. The lowest BCUT2D eigenvalue weighted by Crippen LogP contribution is -2.19. The van der Waals surface area contributed by atoms with Crippen LogP contribution in [0.2, 0.25) is 0 Å². The molecule has 4 rings (SSSR count). The molecule has 1 atom stereocenters. The van der Waals surface area contributed by atoms with Gasteiger partial charge in [0.25, 0.3) is 0 Å². The van der Waals surface area contributed by atoms with Crippen molar-refractivity contribution in [2.75, 3.05) is 11.6 Å². The van der Waals surface area contributed by atoms with Gasteiger partial charge in [0, 0.05) is 48.2 Å². The van der Waals surface area contributed by atoms with Gasteiger partial charge in [-0.1, -0.05) is 36.4 Å². The Morgan fingerprint density at radius 1 is 1.00 bits per heavy atom. The molecule has 0 radical (unpaired) electrons. The summed E-state index contributed by atoms with van der Waals surface area (Å²) in [5.74, 6) is 0.643. The highest BCUT2D eigenvalue weighted by molar-refractivity contribution is 7.82. The molecule has 7 heteroatoms. The maximum absolute atomic E-state index is 12.9. The molecular formula is C22H20N4O2S. The first-order valence-corrected chi connectivity index (χ1v) is 10.7. The number of hydrogen-bond donors (Lipinski definition) is 2. The zero-order valence-corrected chi connectivity index (χ0v) is 16.6. The third-order valence-electron chi connectivity index (χ3n) is 4.52. The van der Waals surface area contributed by atoms with E-state index in [0.29, 0.717) is 17.7 Å². The summed E-state index contributed by atoms with van der Waals surface area (Å²) in [5.41, 5.74) is 3.17. The monoisotopic (exact) mass is 404 g/mol. The first-order valence-electron chi connectivity index (χ1n) is 9.10. The van der Waals surface area contributed by atoms with Crippen molar-refractivity contribution in [2.24, 2.45) is 0 Å². The second kappa shape index (κ2) is 8.38. The van der Waals surface area contributed by atoms with Crippen LogP contribution in [0.1, 0.15) is 5.56 Å². The van der Waals surface area contributed by atoms with Crippen LogP contribution in [0, 0.1) is 0 Å². The van der Waals surface area contributed by atoms with Crippen molar-refractivity contribution in [3.63, 3.8) is 0 Å². The lowest BCUT2D eigenvalue weighted by atomic mass is 10.1. The molecular weight excluding hydrogens is 384 g/mol. The molecule has 2 aromatic heterocycles. The molecule has 0 bridgehead atoms. The van der Waals surface area contributed by atoms with Crippen molar-refractivity contribution in [1.82, 2.24) is 14.3 Å². The predicted octanol–water partition coefficient (Wildman–Crippen LogP) is 3.51. The van der Waals surface area contributed by atoms with Crippen molar-refractivity contribution in [3.05, 3.63) is 94.9 Å². The molecule has 0 aliphatic carbocycles. The first-order chi connectivity index (χ1) is 14.1. The molecule has 0 saturated carbocycles. The second-order valence-electron chi connectivity index (χ2n) is 6.53. The predicted molar refractivity (Wildman–Crippen MR) is 118 cm³/mol. The highest BCUT2D eigenvalue weighted by Gasteiger charge is 2.15. The summed E-state index contributed by atoms with van der Waals surface area (Å²) in [6, 6.07) is 21.1. The first kappa shape index (κ1) is 19.0. The summed E-state index contributed by atoms with van der Waals surface area (Å²) in [5, 5.41) is 3.87. The third-order valence-corrected chi connectivity index (χ3v) is 5.07. The summed E-state index contributed by atoms with van der Waals surface area (Å²) < 4.78 is 16.5. The van der Waals surface area contributed by atoms with E-state index >= 15 is 0 Å². The van der Waals surface area contributed by atoms with E-state index in [2.05, 4.69) is 15.0 Å². The average molecular weight is 404 g/mol. The Bertz CT molecular complexity index is 1220. The second-order valence-corrected chi connectivity index (χ2v) is 7.72. The van der Waals surface area contributed by atoms with Crippen LogP contribution in [-0.2, 0) is 17.5 Å². The van der Waals surface area contributed by atoms with Gasteiger partial charge in [0.2, 0.25) is 0 Å². The van der Waals surface area contributed by atoms with Crippen molar-refractivity contribution in [1.29, 1.82) is 0 Å². The topological polar surface area (TPSA) is 76.0 Å². The van der Waals surface area contributed by atoms with Gasteiger partial charge in [-0.25, -0.2) is 8.93 Å². The molecule has 29 heavy (non-hydrogen) atoms. The number of aromatic nitrogens is 2. The fraction of sp³-hybridized carbons (Fsp3) is 0.0909. The van der Waals surface area contributed by atoms with Crippen LogP contribution >= 0.6 is 0 Å². The number of anilines is 2. The quantitative estimate of drug-likeness (QED) is 0.516. The fourth-order valence-corrected chi connectivity index (χ4v) is 3.60. The van der Waals surface area contributed by atoms with E-state index in [1.54, 1.807) is 24.7 Å². The van der Waals surface area contributed by atoms with Crippen molar-refractivity contribution >= 4 is 33.4 Å². The van der Waals surface area contributed by atoms with Gasteiger partial charge in [-0.05, 0) is 24.3 Å². The summed E-state index contributed by atoms with van der Waals surface area (Å²) >= 11 is 0. The van der Waals surface area contributed by atoms with Gasteiger partial charge >= 0.3 is 0 Å². The molecule has 2 aromatic carbocycles. The molecule has 0 aliphatic heterocycles. The molecule has 0 aliphatic rings. The number of nitrogens with zero attached hydrogens (tertiary/aromatic N) is 2. The number of nitrogens with one attached hydrogen (secondary N) is 2. The molecule has 0 spiro atoms. The standard InChI is InChI=1S/C22H20N4O2S/c1-29(28)24-14-16-13-23-15-19-20(27)12-21(25-17-8-4-2-5-9-17)26(22(16)19)18-10-6-3-7-11-18/h2-13,15,24-25H,14H2,1H3. The Balaban J connectivity index is 2.00. The highest BCUT2D eigenvalue weighted by atomic mass is 32.2. The number of para-hydroxylation sites is 2. The summed E-state index contributed by atoms with van der Waals surface area (Å²) in [6.07, 6.45) is 4.86. The lowest BCUT2D eigenvalue weighted by molar-refractivity contribution is 0.676. The van der Waals surface area contributed by atoms with E-state index in [1.165, 1.54) is 0 Å². The smallest absolute Gasteiger partial charge is 0.193 e. The van der Waals surface area contributed by atoms with E-state index in [-0.39, 0.29) is 5.43 Å². The zero-order valence-electron chi connectivity index (χ0n) is 15.8. The minimum atomic E-state index is -1.18. The van der Waals surface area contributed by atoms with Crippen molar-refractivity contribution in [3.8, 4) is 5.69 Å². The van der Waals surface area contributed by atoms with Gasteiger partial charge in [0.15, 0.2) is 5.43 Å². The molecule has 0 fully saturated rings. The number of pyridine rings is 2. The van der Waals surface area contributed by atoms with Crippen LogP contribution in [0.4, 0.5) is 11.5 Å². The Labute approximate surface area is 170 Å².